The molecule has 1 saturated carbocycles. The van der Waals surface area contributed by atoms with Gasteiger partial charge in [0.25, 0.3) is 0 Å². The maximum atomic E-state index is 13.1. The Hall–Kier alpha value is -2.03. The van der Waals surface area contributed by atoms with E-state index in [1.54, 1.807) is 39.8 Å². The number of fused-ring (bicyclic) bond motifs is 3. The molecule has 0 aromatic rings. The third kappa shape index (κ3) is 3.41. The molecule has 184 valence electrons. The van der Waals surface area contributed by atoms with E-state index in [0.29, 0.717) is 17.6 Å². The monoisotopic (exact) mass is 464 g/mol. The number of rotatable bonds is 4. The van der Waals surface area contributed by atoms with Gasteiger partial charge < -0.3 is 24.8 Å². The Balaban J connectivity index is 2.38. The van der Waals surface area contributed by atoms with Gasteiger partial charge >= 0.3 is 11.9 Å². The molecule has 7 atom stereocenters. The molecule has 0 aromatic heterocycles. The number of aliphatic hydroxyl groups excluding tert-OH is 1. The molecule has 0 radical (unpaired) electrons. The largest absolute Gasteiger partial charge is 0.458 e. The van der Waals surface area contributed by atoms with Crippen LogP contribution in [-0.2, 0) is 23.9 Å². The summed E-state index contributed by atoms with van der Waals surface area (Å²) in [6, 6.07) is 0. The fraction of sp³-hybridized carbons (Fsp3) is 0.720. The van der Waals surface area contributed by atoms with Gasteiger partial charge in [-0.25, -0.2) is 0 Å². The Bertz CT molecular complexity index is 933. The van der Waals surface area contributed by atoms with Crippen molar-refractivity contribution in [2.24, 2.45) is 23.2 Å². The lowest BCUT2D eigenvalue weighted by atomic mass is 9.46. The maximum absolute atomic E-state index is 13.1. The third-order valence-corrected chi connectivity index (χ3v) is 8.43. The van der Waals surface area contributed by atoms with Crippen molar-refractivity contribution in [3.05, 3.63) is 23.3 Å². The molecular formula is C25H36O8. The van der Waals surface area contributed by atoms with Crippen LogP contribution in [-0.4, -0.2) is 62.6 Å². The van der Waals surface area contributed by atoms with Gasteiger partial charge in [-0.2, -0.15) is 0 Å². The highest BCUT2D eigenvalue weighted by molar-refractivity contribution is 6.04. The SMILES string of the molecule is CC[C@@H]1[C@@H](OC(C)=O)[C@@](C)(OC(C)=O)C(C)(C)[C@@H]2C=C(CO)C[C@]3(O)C(=O)C(C)=C[C@H]3[C@@]12O. The van der Waals surface area contributed by atoms with Gasteiger partial charge in [-0.3, -0.25) is 14.4 Å². The van der Waals surface area contributed by atoms with Crippen LogP contribution >= 0.6 is 0 Å². The van der Waals surface area contributed by atoms with Crippen LogP contribution in [0.25, 0.3) is 0 Å². The van der Waals surface area contributed by atoms with Crippen LogP contribution in [0.1, 0.15) is 61.3 Å². The molecule has 0 aromatic carbocycles. The standard InChI is InChI=1S/C25H36O8/c1-8-17-21(32-14(3)27)23(7,33-15(4)28)22(5,6)18-10-16(12-26)11-24(30)19(25(17,18)31)9-13(2)20(24)29/h9-10,17-19,21,26,30-31H,8,11-12H2,1-7H3/t17-,18+,19-,21-,23-,24-,25-/m1/s1. The fourth-order valence-corrected chi connectivity index (χ4v) is 6.68. The van der Waals surface area contributed by atoms with Crippen molar-refractivity contribution in [3.8, 4) is 0 Å². The summed E-state index contributed by atoms with van der Waals surface area (Å²) in [4.78, 5) is 37.5. The molecule has 0 bridgehead atoms. The number of ether oxygens (including phenoxy) is 2. The minimum atomic E-state index is -1.94. The maximum Gasteiger partial charge on any atom is 0.303 e. The van der Waals surface area contributed by atoms with Gasteiger partial charge in [-0.05, 0) is 31.4 Å². The van der Waals surface area contributed by atoms with E-state index < -0.39 is 70.4 Å². The topological polar surface area (TPSA) is 130 Å². The van der Waals surface area contributed by atoms with E-state index in [9.17, 15) is 29.7 Å². The van der Waals surface area contributed by atoms with Crippen LogP contribution < -0.4 is 0 Å². The lowest BCUT2D eigenvalue weighted by Crippen LogP contribution is -2.75. The number of aliphatic hydroxyl groups is 3. The average Bonchev–Trinajstić information content (AvgIpc) is 2.86. The van der Waals surface area contributed by atoms with E-state index in [1.165, 1.54) is 13.8 Å². The number of hydrogen-bond acceptors (Lipinski definition) is 8. The van der Waals surface area contributed by atoms with Gasteiger partial charge in [0.2, 0.25) is 0 Å². The zero-order valence-electron chi connectivity index (χ0n) is 20.5. The predicted molar refractivity (Wildman–Crippen MR) is 119 cm³/mol. The predicted octanol–water partition coefficient (Wildman–Crippen LogP) is 1.85. The number of ketones is 1. The summed E-state index contributed by atoms with van der Waals surface area (Å²) in [5.74, 6) is -4.20. The summed E-state index contributed by atoms with van der Waals surface area (Å²) >= 11 is 0. The molecule has 0 unspecified atom stereocenters. The van der Waals surface area contributed by atoms with Gasteiger partial charge in [0, 0.05) is 43.4 Å². The Morgan fingerprint density at radius 1 is 1.09 bits per heavy atom. The first kappa shape index (κ1) is 25.6. The number of Topliss-reactive ketones (excluding diaryl/α,β-unsaturated/α-hetero) is 1. The summed E-state index contributed by atoms with van der Waals surface area (Å²) < 4.78 is 11.6. The van der Waals surface area contributed by atoms with Crippen molar-refractivity contribution in [1.82, 2.24) is 0 Å². The number of carbonyl (C=O) groups excluding carboxylic acids is 3. The first-order valence-corrected chi connectivity index (χ1v) is 11.5. The van der Waals surface area contributed by atoms with E-state index in [2.05, 4.69) is 0 Å². The van der Waals surface area contributed by atoms with E-state index in [1.807, 2.05) is 6.92 Å². The smallest absolute Gasteiger partial charge is 0.303 e. The number of esters is 2. The highest BCUT2D eigenvalue weighted by Gasteiger charge is 2.74. The molecule has 0 saturated heterocycles. The lowest BCUT2D eigenvalue weighted by Gasteiger charge is -2.64. The van der Waals surface area contributed by atoms with Crippen molar-refractivity contribution in [1.29, 1.82) is 0 Å². The summed E-state index contributed by atoms with van der Waals surface area (Å²) in [5, 5.41) is 34.3. The Kier molecular flexibility index (Phi) is 6.23. The Labute approximate surface area is 194 Å². The molecule has 3 N–H and O–H groups in total. The molecule has 33 heavy (non-hydrogen) atoms. The fourth-order valence-electron chi connectivity index (χ4n) is 6.68. The first-order valence-electron chi connectivity index (χ1n) is 11.5. The minimum Gasteiger partial charge on any atom is -0.458 e. The van der Waals surface area contributed by atoms with Gasteiger partial charge in [-0.15, -0.1) is 0 Å². The quantitative estimate of drug-likeness (QED) is 0.424. The summed E-state index contributed by atoms with van der Waals surface area (Å²) in [7, 11) is 0. The lowest BCUT2D eigenvalue weighted by molar-refractivity contribution is -0.292. The van der Waals surface area contributed by atoms with Crippen molar-refractivity contribution in [2.75, 3.05) is 6.61 Å². The van der Waals surface area contributed by atoms with Crippen LogP contribution in [0.4, 0.5) is 0 Å². The Morgan fingerprint density at radius 2 is 1.70 bits per heavy atom. The molecule has 8 heteroatoms. The molecule has 1 fully saturated rings. The molecule has 0 heterocycles. The van der Waals surface area contributed by atoms with Gasteiger partial charge in [0.05, 0.1) is 12.2 Å². The minimum absolute atomic E-state index is 0.130. The summed E-state index contributed by atoms with van der Waals surface area (Å²) in [6.07, 6.45) is 2.45. The van der Waals surface area contributed by atoms with Crippen molar-refractivity contribution < 1.29 is 39.2 Å². The van der Waals surface area contributed by atoms with Crippen LogP contribution in [0.5, 0.6) is 0 Å². The highest BCUT2D eigenvalue weighted by Crippen LogP contribution is 2.64. The van der Waals surface area contributed by atoms with Crippen molar-refractivity contribution in [2.45, 2.75) is 84.2 Å². The molecular weight excluding hydrogens is 428 g/mol. The zero-order chi connectivity index (χ0) is 25.1. The first-order chi connectivity index (χ1) is 15.1. The molecule has 3 aliphatic rings. The second kappa shape index (κ2) is 8.03. The van der Waals surface area contributed by atoms with E-state index in [4.69, 9.17) is 9.47 Å². The van der Waals surface area contributed by atoms with Crippen LogP contribution in [0, 0.1) is 23.2 Å². The van der Waals surface area contributed by atoms with Gasteiger partial charge in [0.1, 0.15) is 11.7 Å². The van der Waals surface area contributed by atoms with Crippen LogP contribution in [0.2, 0.25) is 0 Å². The highest BCUT2D eigenvalue weighted by atomic mass is 16.6. The van der Waals surface area contributed by atoms with Crippen molar-refractivity contribution in [3.63, 3.8) is 0 Å². The van der Waals surface area contributed by atoms with E-state index in [-0.39, 0.29) is 6.42 Å². The van der Waals surface area contributed by atoms with Crippen LogP contribution in [0.3, 0.4) is 0 Å². The molecule has 3 aliphatic carbocycles. The second-order valence-corrected chi connectivity index (χ2v) is 10.6. The van der Waals surface area contributed by atoms with Gasteiger partial charge in [-0.1, -0.05) is 32.9 Å². The Morgan fingerprint density at radius 3 is 2.18 bits per heavy atom. The molecule has 8 nitrogen and oxygen atoms in total. The number of hydrogen-bond donors (Lipinski definition) is 3. The third-order valence-electron chi connectivity index (χ3n) is 8.43. The molecule has 0 spiro atoms. The summed E-state index contributed by atoms with van der Waals surface area (Å²) in [5.41, 5.74) is -5.31. The van der Waals surface area contributed by atoms with Crippen molar-refractivity contribution >= 4 is 17.7 Å². The number of carbonyl (C=O) groups is 3. The molecule has 0 aliphatic heterocycles. The van der Waals surface area contributed by atoms with E-state index in [0.717, 1.165) is 0 Å². The molecule has 0 amide bonds. The zero-order valence-corrected chi connectivity index (χ0v) is 20.5. The van der Waals surface area contributed by atoms with Crippen LogP contribution in [0.15, 0.2) is 23.3 Å². The molecule has 3 rings (SSSR count). The normalized spacial score (nSPS) is 41.8. The van der Waals surface area contributed by atoms with E-state index >= 15 is 0 Å². The van der Waals surface area contributed by atoms with Gasteiger partial charge in [0.15, 0.2) is 11.4 Å². The summed E-state index contributed by atoms with van der Waals surface area (Å²) in [6.45, 7) is 10.8. The second-order valence-electron chi connectivity index (χ2n) is 10.6. The average molecular weight is 465 g/mol.